The van der Waals surface area contributed by atoms with Gasteiger partial charge in [-0.2, -0.15) is 0 Å². The first kappa shape index (κ1) is 13.9. The predicted octanol–water partition coefficient (Wildman–Crippen LogP) is 1.76. The summed E-state index contributed by atoms with van der Waals surface area (Å²) in [6, 6.07) is -0.0166. The monoisotopic (exact) mass is 301 g/mol. The largest absolute Gasteiger partial charge is 0.491 e. The lowest BCUT2D eigenvalue weighted by molar-refractivity contribution is 0.398. The zero-order chi connectivity index (χ0) is 14.0. The van der Waals surface area contributed by atoms with Crippen LogP contribution in [0, 0.1) is 0 Å². The number of halogens is 1. The van der Waals surface area contributed by atoms with Gasteiger partial charge in [0.05, 0.1) is 7.11 Å². The highest BCUT2D eigenvalue weighted by molar-refractivity contribution is 7.99. The Bertz CT molecular complexity index is 639. The van der Waals surface area contributed by atoms with Crippen LogP contribution in [-0.2, 0) is 0 Å². The molecule has 0 atom stereocenters. The summed E-state index contributed by atoms with van der Waals surface area (Å²) in [4.78, 5) is 19.6. The van der Waals surface area contributed by atoms with Crippen molar-refractivity contribution in [3.05, 3.63) is 22.0 Å². The van der Waals surface area contributed by atoms with E-state index in [0.717, 1.165) is 0 Å². The number of H-pyrrole nitrogens is 1. The zero-order valence-corrected chi connectivity index (χ0v) is 12.1. The summed E-state index contributed by atoms with van der Waals surface area (Å²) in [6.45, 7) is 3.79. The molecule has 0 amide bonds. The highest BCUT2D eigenvalue weighted by Gasteiger charge is 2.17. The van der Waals surface area contributed by atoms with E-state index in [4.69, 9.17) is 16.3 Å². The van der Waals surface area contributed by atoms with Crippen molar-refractivity contribution in [2.24, 2.45) is 0 Å². The van der Waals surface area contributed by atoms with Gasteiger partial charge < -0.3 is 4.74 Å². The Morgan fingerprint density at radius 1 is 1.47 bits per heavy atom. The lowest BCUT2D eigenvalue weighted by atomic mass is 10.4. The van der Waals surface area contributed by atoms with Crippen LogP contribution >= 0.6 is 23.4 Å². The average Bonchev–Trinajstić information content (AvgIpc) is 2.71. The molecule has 0 aliphatic rings. The molecule has 0 spiro atoms. The van der Waals surface area contributed by atoms with Gasteiger partial charge in [-0.05, 0) is 25.6 Å². The van der Waals surface area contributed by atoms with Crippen molar-refractivity contribution in [3.8, 4) is 5.75 Å². The normalized spacial score (nSPS) is 11.0. The van der Waals surface area contributed by atoms with Gasteiger partial charge in [0.2, 0.25) is 0 Å². The molecule has 102 valence electrons. The number of rotatable bonds is 4. The molecule has 9 heteroatoms. The van der Waals surface area contributed by atoms with Crippen LogP contribution in [0.15, 0.2) is 21.3 Å². The zero-order valence-electron chi connectivity index (χ0n) is 10.5. The van der Waals surface area contributed by atoms with E-state index in [1.54, 1.807) is 0 Å². The number of nitrogens with zero attached hydrogens (tertiary/aromatic N) is 4. The van der Waals surface area contributed by atoms with Gasteiger partial charge in [0.15, 0.2) is 21.1 Å². The lowest BCUT2D eigenvalue weighted by Crippen LogP contribution is -2.19. The fourth-order valence-corrected chi connectivity index (χ4v) is 2.78. The predicted molar refractivity (Wildman–Crippen MR) is 70.9 cm³/mol. The molecule has 0 fully saturated rings. The van der Waals surface area contributed by atoms with E-state index in [0.29, 0.717) is 15.9 Å². The summed E-state index contributed by atoms with van der Waals surface area (Å²) >= 11 is 7.11. The van der Waals surface area contributed by atoms with E-state index in [-0.39, 0.29) is 16.9 Å². The Morgan fingerprint density at radius 3 is 2.84 bits per heavy atom. The molecule has 0 unspecified atom stereocenters. The molecule has 0 radical (unpaired) electrons. The average molecular weight is 302 g/mol. The van der Waals surface area contributed by atoms with Gasteiger partial charge in [0, 0.05) is 6.04 Å². The van der Waals surface area contributed by atoms with Gasteiger partial charge in [-0.25, -0.2) is 19.9 Å². The maximum Gasteiger partial charge on any atom is 0.344 e. The van der Waals surface area contributed by atoms with E-state index in [1.807, 2.05) is 13.8 Å². The Labute approximate surface area is 118 Å². The maximum absolute atomic E-state index is 11.6. The fourth-order valence-electron chi connectivity index (χ4n) is 1.49. The fraction of sp³-hybridized carbons (Fsp3) is 0.400. The number of methoxy groups -OCH3 is 1. The third-order valence-corrected chi connectivity index (χ3v) is 3.53. The molecule has 0 aromatic carbocycles. The number of ether oxygens (including phenoxy) is 1. The van der Waals surface area contributed by atoms with E-state index >= 15 is 0 Å². The maximum atomic E-state index is 11.6. The molecular formula is C10H12ClN5O2S. The first-order valence-electron chi connectivity index (χ1n) is 5.43. The minimum atomic E-state index is -0.267. The molecule has 19 heavy (non-hydrogen) atoms. The summed E-state index contributed by atoms with van der Waals surface area (Å²) in [7, 11) is 1.48. The van der Waals surface area contributed by atoms with Crippen LogP contribution in [0.2, 0.25) is 5.15 Å². The van der Waals surface area contributed by atoms with Gasteiger partial charge in [-0.15, -0.1) is 5.10 Å². The van der Waals surface area contributed by atoms with Crippen molar-refractivity contribution in [1.82, 2.24) is 24.7 Å². The molecule has 0 aliphatic heterocycles. The minimum absolute atomic E-state index is 0.0166. The van der Waals surface area contributed by atoms with Crippen LogP contribution in [0.25, 0.3) is 0 Å². The summed E-state index contributed by atoms with van der Waals surface area (Å²) in [5, 5.41) is 7.59. The third-order valence-electron chi connectivity index (χ3n) is 2.31. The molecule has 2 aromatic heterocycles. The molecule has 2 heterocycles. The number of aromatic nitrogens is 5. The molecule has 0 aliphatic carbocycles. The number of aromatic amines is 1. The van der Waals surface area contributed by atoms with E-state index < -0.39 is 0 Å². The second kappa shape index (κ2) is 5.62. The van der Waals surface area contributed by atoms with Crippen molar-refractivity contribution < 1.29 is 4.74 Å². The van der Waals surface area contributed by atoms with Crippen LogP contribution in [0.3, 0.4) is 0 Å². The van der Waals surface area contributed by atoms with Gasteiger partial charge >= 0.3 is 5.69 Å². The third kappa shape index (κ3) is 2.74. The number of hydrogen-bond acceptors (Lipinski definition) is 6. The van der Waals surface area contributed by atoms with E-state index in [9.17, 15) is 4.79 Å². The highest BCUT2D eigenvalue weighted by atomic mass is 35.5. The molecular weight excluding hydrogens is 290 g/mol. The second-order valence-corrected chi connectivity index (χ2v) is 5.19. The van der Waals surface area contributed by atoms with Crippen LogP contribution in [-0.4, -0.2) is 31.8 Å². The summed E-state index contributed by atoms with van der Waals surface area (Å²) in [5.41, 5.74) is -0.267. The molecule has 0 saturated carbocycles. The molecule has 1 N–H and O–H groups in total. The summed E-state index contributed by atoms with van der Waals surface area (Å²) in [5.74, 6) is 0.361. The van der Waals surface area contributed by atoms with Crippen LogP contribution < -0.4 is 10.4 Å². The quantitative estimate of drug-likeness (QED) is 0.866. The highest BCUT2D eigenvalue weighted by Crippen LogP contribution is 2.35. The second-order valence-electron chi connectivity index (χ2n) is 3.88. The van der Waals surface area contributed by atoms with Crippen molar-refractivity contribution in [2.75, 3.05) is 7.11 Å². The Balaban J connectivity index is 2.42. The smallest absolute Gasteiger partial charge is 0.344 e. The summed E-state index contributed by atoms with van der Waals surface area (Å²) in [6.07, 6.45) is 1.33. The first-order valence-corrected chi connectivity index (χ1v) is 6.63. The standard InChI is InChI=1S/C10H12ClN5O2S/c1-5(2)16-9(17)14-15-10(16)19-8-6(18-3)7(11)12-4-13-8/h4-5H,1-3H3,(H,14,17). The number of hydrogen-bond donors (Lipinski definition) is 1. The molecule has 0 saturated heterocycles. The van der Waals surface area contributed by atoms with Crippen molar-refractivity contribution in [3.63, 3.8) is 0 Å². The van der Waals surface area contributed by atoms with Crippen molar-refractivity contribution in [2.45, 2.75) is 30.1 Å². The Morgan fingerprint density at radius 2 is 2.21 bits per heavy atom. The van der Waals surface area contributed by atoms with Gasteiger partial charge in [0.1, 0.15) is 6.33 Å². The van der Waals surface area contributed by atoms with Gasteiger partial charge in [-0.1, -0.05) is 11.6 Å². The van der Waals surface area contributed by atoms with Crippen LogP contribution in [0.1, 0.15) is 19.9 Å². The van der Waals surface area contributed by atoms with Crippen LogP contribution in [0.5, 0.6) is 5.75 Å². The van der Waals surface area contributed by atoms with Gasteiger partial charge in [0.25, 0.3) is 0 Å². The molecule has 2 aromatic rings. The minimum Gasteiger partial charge on any atom is -0.491 e. The van der Waals surface area contributed by atoms with Gasteiger partial charge in [-0.3, -0.25) is 4.57 Å². The topological polar surface area (TPSA) is 85.7 Å². The first-order chi connectivity index (χ1) is 9.04. The SMILES string of the molecule is COc1c(Cl)ncnc1Sc1n[nH]c(=O)n1C(C)C. The lowest BCUT2D eigenvalue weighted by Gasteiger charge is -2.10. The molecule has 2 rings (SSSR count). The van der Waals surface area contributed by atoms with Crippen molar-refractivity contribution in [1.29, 1.82) is 0 Å². The van der Waals surface area contributed by atoms with E-state index in [2.05, 4.69) is 20.2 Å². The Hall–Kier alpha value is -1.54. The Kier molecular flexibility index (Phi) is 4.11. The van der Waals surface area contributed by atoms with Crippen molar-refractivity contribution >= 4 is 23.4 Å². The van der Waals surface area contributed by atoms with E-state index in [1.165, 1.54) is 29.8 Å². The molecule has 0 bridgehead atoms. The van der Waals surface area contributed by atoms with Crippen LogP contribution in [0.4, 0.5) is 0 Å². The summed E-state index contributed by atoms with van der Waals surface area (Å²) < 4.78 is 6.68. The molecule has 7 nitrogen and oxygen atoms in total. The number of nitrogens with one attached hydrogen (secondary N) is 1.